The molecule has 30 heavy (non-hydrogen) atoms. The predicted octanol–water partition coefficient (Wildman–Crippen LogP) is 3.60. The summed E-state index contributed by atoms with van der Waals surface area (Å²) in [7, 11) is 1.26. The number of carbonyl (C=O) groups is 2. The summed E-state index contributed by atoms with van der Waals surface area (Å²) in [6.07, 6.45) is 0.146. The first-order chi connectivity index (χ1) is 14.5. The number of benzene rings is 2. The van der Waals surface area contributed by atoms with E-state index in [2.05, 4.69) is 5.32 Å². The fourth-order valence-electron chi connectivity index (χ4n) is 2.98. The first kappa shape index (κ1) is 20.7. The van der Waals surface area contributed by atoms with Gasteiger partial charge in [-0.15, -0.1) is 0 Å². The van der Waals surface area contributed by atoms with Crippen LogP contribution >= 0.6 is 0 Å². The van der Waals surface area contributed by atoms with Gasteiger partial charge in [0.1, 0.15) is 25.0 Å². The summed E-state index contributed by atoms with van der Waals surface area (Å²) in [6.45, 7) is 2.53. The second kappa shape index (κ2) is 9.01. The molecule has 0 fully saturated rings. The van der Waals surface area contributed by atoms with Crippen molar-refractivity contribution in [2.45, 2.75) is 13.3 Å². The highest BCUT2D eigenvalue weighted by Crippen LogP contribution is 2.36. The number of aliphatic hydroxyl groups is 1. The van der Waals surface area contributed by atoms with Crippen LogP contribution in [0.3, 0.4) is 0 Å². The van der Waals surface area contributed by atoms with Gasteiger partial charge >= 0.3 is 5.97 Å². The summed E-state index contributed by atoms with van der Waals surface area (Å²) in [5, 5.41) is 21.4. The molecule has 0 spiro atoms. The van der Waals surface area contributed by atoms with Gasteiger partial charge in [-0.25, -0.2) is 4.79 Å². The second-order valence-electron chi connectivity index (χ2n) is 6.35. The fourth-order valence-corrected chi connectivity index (χ4v) is 2.98. The molecule has 154 valence electrons. The molecule has 0 saturated heterocycles. The first-order valence-corrected chi connectivity index (χ1v) is 9.24. The number of fused-ring (bicyclic) bond motifs is 1. The number of hydrogen-bond acceptors (Lipinski definition) is 7. The number of aliphatic hydroxyl groups excluding tert-OH is 1. The molecule has 8 heteroatoms. The second-order valence-corrected chi connectivity index (χ2v) is 6.35. The van der Waals surface area contributed by atoms with E-state index < -0.39 is 11.9 Å². The molecular weight excluding hydrogens is 388 g/mol. The van der Waals surface area contributed by atoms with Gasteiger partial charge in [0.05, 0.1) is 12.7 Å². The van der Waals surface area contributed by atoms with Crippen LogP contribution in [0.5, 0.6) is 11.5 Å². The van der Waals surface area contributed by atoms with Crippen LogP contribution in [0.4, 0.5) is 5.69 Å². The minimum atomic E-state index is -0.764. The normalized spacial score (nSPS) is 13.0. The van der Waals surface area contributed by atoms with Crippen LogP contribution in [0.2, 0.25) is 0 Å². The maximum Gasteiger partial charge on any atom is 0.338 e. The zero-order valence-corrected chi connectivity index (χ0v) is 16.5. The smallest absolute Gasteiger partial charge is 0.338 e. The third-order valence-electron chi connectivity index (χ3n) is 4.50. The number of nitrogens with zero attached hydrogens (tertiary/aromatic N) is 1. The number of carbonyl (C=O) groups excluding carboxylic acids is 2. The van der Waals surface area contributed by atoms with Gasteiger partial charge in [0.25, 0.3) is 5.91 Å². The topological polar surface area (TPSA) is 118 Å². The molecule has 1 heterocycles. The van der Waals surface area contributed by atoms with Crippen molar-refractivity contribution in [1.29, 1.82) is 5.26 Å². The first-order valence-electron chi connectivity index (χ1n) is 9.24. The molecule has 0 unspecified atom stereocenters. The van der Waals surface area contributed by atoms with Crippen LogP contribution < -0.4 is 14.8 Å². The number of ether oxygens (including phenoxy) is 3. The molecule has 0 aromatic heterocycles. The molecule has 0 aliphatic carbocycles. The Kier molecular flexibility index (Phi) is 6.23. The molecule has 3 rings (SSSR count). The van der Waals surface area contributed by atoms with Crippen molar-refractivity contribution >= 4 is 17.6 Å². The number of nitriles is 1. The summed E-state index contributed by atoms with van der Waals surface area (Å²) in [4.78, 5) is 24.7. The monoisotopic (exact) mass is 408 g/mol. The maximum absolute atomic E-state index is 12.4. The number of rotatable bonds is 5. The van der Waals surface area contributed by atoms with E-state index in [1.54, 1.807) is 43.3 Å². The highest BCUT2D eigenvalue weighted by molar-refractivity contribution is 6.08. The third-order valence-corrected chi connectivity index (χ3v) is 4.50. The summed E-state index contributed by atoms with van der Waals surface area (Å²) in [5.74, 6) is -0.467. The van der Waals surface area contributed by atoms with Crippen molar-refractivity contribution in [3.63, 3.8) is 0 Å². The maximum atomic E-state index is 12.4. The zero-order valence-electron chi connectivity index (χ0n) is 16.5. The van der Waals surface area contributed by atoms with Crippen molar-refractivity contribution < 1.29 is 28.9 Å². The van der Waals surface area contributed by atoms with E-state index >= 15 is 0 Å². The number of amides is 1. The molecule has 0 atom stereocenters. The Balaban J connectivity index is 1.98. The van der Waals surface area contributed by atoms with Crippen LogP contribution in [-0.4, -0.2) is 37.3 Å². The molecule has 8 nitrogen and oxygen atoms in total. The molecule has 0 radical (unpaired) electrons. The van der Waals surface area contributed by atoms with Crippen LogP contribution in [0, 0.1) is 11.3 Å². The van der Waals surface area contributed by atoms with E-state index in [4.69, 9.17) is 19.5 Å². The summed E-state index contributed by atoms with van der Waals surface area (Å²) in [5.41, 5.74) is 1.39. The Morgan fingerprint density at radius 2 is 1.90 bits per heavy atom. The van der Waals surface area contributed by atoms with E-state index in [1.165, 1.54) is 13.2 Å². The van der Waals surface area contributed by atoms with E-state index in [0.29, 0.717) is 35.8 Å². The molecule has 1 amide bonds. The van der Waals surface area contributed by atoms with Gasteiger partial charge in [-0.3, -0.25) is 4.79 Å². The fraction of sp³-hybridized carbons (Fsp3) is 0.227. The molecule has 0 bridgehead atoms. The van der Waals surface area contributed by atoms with Crippen molar-refractivity contribution in [1.82, 2.24) is 0 Å². The SMILES string of the molecule is CC/C(O)=C(\C#N)C(=O)Nc1ccc(-c2ccc3c(c2)OCCO3)c(C(=O)OC)c1. The highest BCUT2D eigenvalue weighted by atomic mass is 16.6. The van der Waals surface area contributed by atoms with Gasteiger partial charge in [0.15, 0.2) is 17.1 Å². The van der Waals surface area contributed by atoms with Crippen molar-refractivity contribution in [2.75, 3.05) is 25.6 Å². The van der Waals surface area contributed by atoms with Crippen LogP contribution in [0.15, 0.2) is 47.7 Å². The Morgan fingerprint density at radius 3 is 2.57 bits per heavy atom. The quantitative estimate of drug-likeness (QED) is 0.336. The number of esters is 1. The van der Waals surface area contributed by atoms with Crippen LogP contribution in [0.25, 0.3) is 11.1 Å². The lowest BCUT2D eigenvalue weighted by atomic mass is 9.98. The summed E-state index contributed by atoms with van der Waals surface area (Å²) < 4.78 is 16.0. The molecule has 2 N–H and O–H groups in total. The molecule has 1 aliphatic rings. The lowest BCUT2D eigenvalue weighted by molar-refractivity contribution is -0.112. The van der Waals surface area contributed by atoms with E-state index in [9.17, 15) is 14.7 Å². The van der Waals surface area contributed by atoms with E-state index in [0.717, 1.165) is 0 Å². The molecule has 2 aromatic carbocycles. The summed E-state index contributed by atoms with van der Waals surface area (Å²) >= 11 is 0. The number of anilines is 1. The summed E-state index contributed by atoms with van der Waals surface area (Å²) in [6, 6.07) is 11.7. The Labute approximate surface area is 173 Å². The van der Waals surface area contributed by atoms with Crippen LogP contribution in [-0.2, 0) is 9.53 Å². The van der Waals surface area contributed by atoms with Gasteiger partial charge in [-0.1, -0.05) is 19.1 Å². The van der Waals surface area contributed by atoms with E-state index in [1.807, 2.05) is 0 Å². The van der Waals surface area contributed by atoms with Crippen molar-refractivity contribution in [3.05, 3.63) is 53.3 Å². The van der Waals surface area contributed by atoms with Gasteiger partial charge in [-0.2, -0.15) is 5.26 Å². The molecular formula is C22H20N2O6. The van der Waals surface area contributed by atoms with Gasteiger partial charge in [0.2, 0.25) is 0 Å². The highest BCUT2D eigenvalue weighted by Gasteiger charge is 2.20. The number of methoxy groups -OCH3 is 1. The minimum absolute atomic E-state index is 0.146. The third kappa shape index (κ3) is 4.20. The molecule has 1 aliphatic heterocycles. The van der Waals surface area contributed by atoms with Gasteiger partial charge in [0, 0.05) is 12.1 Å². The average molecular weight is 408 g/mol. The number of hydrogen-bond donors (Lipinski definition) is 2. The largest absolute Gasteiger partial charge is 0.511 e. The Morgan fingerprint density at radius 1 is 1.17 bits per heavy atom. The Hall–Kier alpha value is -3.99. The zero-order chi connectivity index (χ0) is 21.7. The van der Waals surface area contributed by atoms with Crippen molar-refractivity contribution in [2.24, 2.45) is 0 Å². The van der Waals surface area contributed by atoms with Gasteiger partial charge in [-0.05, 0) is 35.4 Å². The molecule has 0 saturated carbocycles. The van der Waals surface area contributed by atoms with Crippen molar-refractivity contribution in [3.8, 4) is 28.7 Å². The number of nitrogens with one attached hydrogen (secondary N) is 1. The van der Waals surface area contributed by atoms with Gasteiger partial charge < -0.3 is 24.6 Å². The standard InChI is InChI=1S/C22H20N2O6/c1-3-18(25)17(12-23)21(26)24-14-5-6-15(16(11-14)22(27)28-2)13-4-7-19-20(10-13)30-9-8-29-19/h4-7,10-11,25H,3,8-9H2,1-2H3,(H,24,26)/b18-17-. The minimum Gasteiger partial charge on any atom is -0.511 e. The predicted molar refractivity (Wildman–Crippen MR) is 108 cm³/mol. The molecule has 2 aromatic rings. The Bertz CT molecular complexity index is 1070. The van der Waals surface area contributed by atoms with E-state index in [-0.39, 0.29) is 29.0 Å². The van der Waals surface area contributed by atoms with Crippen LogP contribution in [0.1, 0.15) is 23.7 Å². The lowest BCUT2D eigenvalue weighted by Crippen LogP contribution is -2.16. The average Bonchev–Trinajstić information content (AvgIpc) is 2.78. The number of allylic oxidation sites excluding steroid dienone is 1. The lowest BCUT2D eigenvalue weighted by Gasteiger charge is -2.19.